The summed E-state index contributed by atoms with van der Waals surface area (Å²) in [6.07, 6.45) is 5.08. The van der Waals surface area contributed by atoms with Gasteiger partial charge in [-0.25, -0.2) is 0 Å². The quantitative estimate of drug-likeness (QED) is 0.608. The fourth-order valence-corrected chi connectivity index (χ4v) is 3.71. The number of hydrogen-bond donors (Lipinski definition) is 2. The third-order valence-corrected chi connectivity index (χ3v) is 5.42. The number of halogens is 1. The molecule has 1 amide bonds. The summed E-state index contributed by atoms with van der Waals surface area (Å²) in [7, 11) is 0. The predicted octanol–water partition coefficient (Wildman–Crippen LogP) is 3.28. The van der Waals surface area contributed by atoms with E-state index in [4.69, 9.17) is 4.74 Å². The van der Waals surface area contributed by atoms with Crippen molar-refractivity contribution in [1.29, 1.82) is 0 Å². The Bertz CT molecular complexity index is 908. The lowest BCUT2D eigenvalue weighted by molar-refractivity contribution is -0.132. The molecule has 1 aromatic heterocycles. The highest BCUT2D eigenvalue weighted by Gasteiger charge is 2.41. The van der Waals surface area contributed by atoms with E-state index in [0.717, 1.165) is 42.8 Å². The summed E-state index contributed by atoms with van der Waals surface area (Å²) in [5, 5.41) is 10.8. The molecule has 2 N–H and O–H groups in total. The second-order valence-corrected chi connectivity index (χ2v) is 7.33. The minimum atomic E-state index is -0.613. The van der Waals surface area contributed by atoms with Gasteiger partial charge in [0.2, 0.25) is 5.91 Å². The van der Waals surface area contributed by atoms with Gasteiger partial charge in [0, 0.05) is 18.9 Å². The number of aromatic nitrogens is 2. The van der Waals surface area contributed by atoms with Crippen molar-refractivity contribution in [1.82, 2.24) is 20.4 Å². The molecule has 1 saturated heterocycles. The van der Waals surface area contributed by atoms with Gasteiger partial charge in [-0.15, -0.1) is 12.4 Å². The van der Waals surface area contributed by atoms with Gasteiger partial charge in [0.15, 0.2) is 0 Å². The molecule has 4 rings (SSSR count). The zero-order valence-electron chi connectivity index (χ0n) is 16.8. The third kappa shape index (κ3) is 5.01. The topological polar surface area (TPSA) is 68.2 Å². The molecule has 0 spiro atoms. The summed E-state index contributed by atoms with van der Waals surface area (Å²) in [5.41, 5.74) is 1.54. The number of carbonyl (C=O) groups excluding carboxylic acids is 1. The van der Waals surface area contributed by atoms with Gasteiger partial charge in [-0.3, -0.25) is 9.48 Å². The first kappa shape index (κ1) is 21.9. The molecule has 0 radical (unpaired) electrons. The van der Waals surface area contributed by atoms with Gasteiger partial charge < -0.3 is 15.4 Å². The molecule has 2 heterocycles. The van der Waals surface area contributed by atoms with Crippen LogP contribution in [0.25, 0.3) is 0 Å². The van der Waals surface area contributed by atoms with Gasteiger partial charge in [0.05, 0.1) is 0 Å². The van der Waals surface area contributed by atoms with Gasteiger partial charge in [-0.2, -0.15) is 5.10 Å². The van der Waals surface area contributed by atoms with Gasteiger partial charge in [0.25, 0.3) is 0 Å². The number of hydrogen-bond acceptors (Lipinski definition) is 4. The molecule has 0 atom stereocenters. The number of benzene rings is 2. The minimum absolute atomic E-state index is 0. The predicted molar refractivity (Wildman–Crippen MR) is 119 cm³/mol. The van der Waals surface area contributed by atoms with Crippen molar-refractivity contribution in [3.05, 3.63) is 84.2 Å². The first-order valence-electron chi connectivity index (χ1n) is 10.0. The van der Waals surface area contributed by atoms with Crippen LogP contribution in [0.4, 0.5) is 0 Å². The lowest BCUT2D eigenvalue weighted by Crippen LogP contribution is -2.54. The molecule has 1 aliphatic rings. The van der Waals surface area contributed by atoms with Gasteiger partial charge in [0.1, 0.15) is 17.9 Å². The monoisotopic (exact) mass is 426 g/mol. The lowest BCUT2D eigenvalue weighted by Gasteiger charge is -2.36. The summed E-state index contributed by atoms with van der Waals surface area (Å²) >= 11 is 0. The second kappa shape index (κ2) is 10.3. The summed E-state index contributed by atoms with van der Waals surface area (Å²) in [4.78, 5) is 13.1. The van der Waals surface area contributed by atoms with Crippen LogP contribution < -0.4 is 15.4 Å². The molecule has 7 heteroatoms. The Morgan fingerprint density at radius 1 is 1.03 bits per heavy atom. The highest BCUT2D eigenvalue weighted by molar-refractivity contribution is 5.85. The summed E-state index contributed by atoms with van der Waals surface area (Å²) in [6.45, 7) is 2.63. The molecular weight excluding hydrogens is 400 g/mol. The fraction of sp³-hybridized carbons (Fsp3) is 0.304. The van der Waals surface area contributed by atoms with Crippen molar-refractivity contribution in [2.24, 2.45) is 0 Å². The van der Waals surface area contributed by atoms with Crippen molar-refractivity contribution in [2.75, 3.05) is 13.1 Å². The Hall–Kier alpha value is -2.83. The molecular formula is C23H27ClN4O2. The molecule has 0 aliphatic carbocycles. The molecule has 1 aliphatic heterocycles. The molecule has 0 bridgehead atoms. The molecule has 2 aromatic carbocycles. The number of nitrogens with one attached hydrogen (secondary N) is 2. The number of ether oxygens (including phenoxy) is 1. The molecule has 6 nitrogen and oxygen atoms in total. The second-order valence-electron chi connectivity index (χ2n) is 7.33. The number of nitrogens with zero attached hydrogens (tertiary/aromatic N) is 2. The Morgan fingerprint density at radius 3 is 2.40 bits per heavy atom. The Balaban J connectivity index is 0.00000256. The molecule has 0 saturated carbocycles. The van der Waals surface area contributed by atoms with Crippen LogP contribution in [0.15, 0.2) is 73.1 Å². The number of rotatable bonds is 7. The van der Waals surface area contributed by atoms with E-state index < -0.39 is 5.54 Å². The van der Waals surface area contributed by atoms with E-state index >= 15 is 0 Å². The van der Waals surface area contributed by atoms with E-state index in [2.05, 4.69) is 15.7 Å². The van der Waals surface area contributed by atoms with Crippen LogP contribution in [0.3, 0.4) is 0 Å². The molecule has 158 valence electrons. The molecule has 0 unspecified atom stereocenters. The van der Waals surface area contributed by atoms with Crippen molar-refractivity contribution in [3.8, 4) is 5.75 Å². The van der Waals surface area contributed by atoms with E-state index in [9.17, 15) is 4.79 Å². The van der Waals surface area contributed by atoms with E-state index in [0.29, 0.717) is 13.2 Å². The van der Waals surface area contributed by atoms with Crippen molar-refractivity contribution in [2.45, 2.75) is 31.5 Å². The average Bonchev–Trinajstić information content (AvgIpc) is 3.33. The average molecular weight is 427 g/mol. The number of para-hydroxylation sites is 1. The number of amides is 1. The lowest BCUT2D eigenvalue weighted by atomic mass is 9.87. The molecule has 1 fully saturated rings. The van der Waals surface area contributed by atoms with E-state index in [-0.39, 0.29) is 18.3 Å². The Morgan fingerprint density at radius 2 is 1.73 bits per heavy atom. The third-order valence-electron chi connectivity index (χ3n) is 5.42. The normalized spacial score (nSPS) is 15.1. The standard InChI is InChI=1S/C23H26N4O2.ClH/c28-22(23(11-14-24-15-12-23)27-16-4-13-26-27)25-17-19-7-9-20(10-8-19)18-29-21-5-2-1-3-6-21;/h1-10,13,16,24H,11-12,14-15,17-18H2,(H,25,28);1H. The molecule has 30 heavy (non-hydrogen) atoms. The zero-order valence-corrected chi connectivity index (χ0v) is 17.6. The largest absolute Gasteiger partial charge is 0.489 e. The first-order chi connectivity index (χ1) is 14.3. The maximum absolute atomic E-state index is 13.1. The van der Waals surface area contributed by atoms with Crippen LogP contribution in [0, 0.1) is 0 Å². The van der Waals surface area contributed by atoms with E-state index in [1.165, 1.54) is 0 Å². The van der Waals surface area contributed by atoms with Crippen molar-refractivity contribution < 1.29 is 9.53 Å². The van der Waals surface area contributed by atoms with Crippen LogP contribution in [-0.2, 0) is 23.5 Å². The maximum Gasteiger partial charge on any atom is 0.248 e. The molecule has 3 aromatic rings. The Labute approximate surface area is 183 Å². The SMILES string of the molecule is Cl.O=C(NCc1ccc(COc2ccccc2)cc1)C1(n2cccn2)CCNCC1. The van der Waals surface area contributed by atoms with E-state index in [1.54, 1.807) is 6.20 Å². The van der Waals surface area contributed by atoms with Crippen LogP contribution in [0.1, 0.15) is 24.0 Å². The smallest absolute Gasteiger partial charge is 0.248 e. The van der Waals surface area contributed by atoms with Crippen LogP contribution in [0.2, 0.25) is 0 Å². The summed E-state index contributed by atoms with van der Waals surface area (Å²) in [5.74, 6) is 0.883. The van der Waals surface area contributed by atoms with Gasteiger partial charge in [-0.05, 0) is 55.3 Å². The van der Waals surface area contributed by atoms with Crippen molar-refractivity contribution >= 4 is 18.3 Å². The maximum atomic E-state index is 13.1. The number of piperidine rings is 1. The summed E-state index contributed by atoms with van der Waals surface area (Å²) in [6, 6.07) is 19.8. The van der Waals surface area contributed by atoms with Gasteiger partial charge >= 0.3 is 0 Å². The first-order valence-corrected chi connectivity index (χ1v) is 10.0. The highest BCUT2D eigenvalue weighted by atomic mass is 35.5. The number of carbonyl (C=O) groups is 1. The van der Waals surface area contributed by atoms with Crippen molar-refractivity contribution in [3.63, 3.8) is 0 Å². The van der Waals surface area contributed by atoms with Crippen LogP contribution in [0.5, 0.6) is 5.75 Å². The van der Waals surface area contributed by atoms with Crippen LogP contribution >= 0.6 is 12.4 Å². The van der Waals surface area contributed by atoms with Crippen LogP contribution in [-0.4, -0.2) is 28.8 Å². The van der Waals surface area contributed by atoms with Gasteiger partial charge in [-0.1, -0.05) is 42.5 Å². The fourth-order valence-electron chi connectivity index (χ4n) is 3.71. The Kier molecular flexibility index (Phi) is 7.49. The zero-order chi connectivity index (χ0) is 19.9. The van der Waals surface area contributed by atoms with E-state index in [1.807, 2.05) is 71.5 Å². The minimum Gasteiger partial charge on any atom is -0.489 e. The summed E-state index contributed by atoms with van der Waals surface area (Å²) < 4.78 is 7.59. The highest BCUT2D eigenvalue weighted by Crippen LogP contribution is 2.27.